The van der Waals surface area contributed by atoms with Crippen LogP contribution in [-0.2, 0) is 6.54 Å². The summed E-state index contributed by atoms with van der Waals surface area (Å²) in [5, 5.41) is -0.0789. The van der Waals surface area contributed by atoms with E-state index < -0.39 is 0 Å². The summed E-state index contributed by atoms with van der Waals surface area (Å²) in [5.74, 6) is 0.855. The Morgan fingerprint density at radius 2 is 1.71 bits per heavy atom. The third-order valence-corrected chi connectivity index (χ3v) is 3.96. The van der Waals surface area contributed by atoms with Gasteiger partial charge in [-0.25, -0.2) is 0 Å². The Kier molecular flexibility index (Phi) is 6.09. The van der Waals surface area contributed by atoms with E-state index in [4.69, 9.17) is 16.3 Å². The van der Waals surface area contributed by atoms with Crippen LogP contribution in [0.15, 0.2) is 54.6 Å². The highest BCUT2D eigenvalue weighted by Gasteiger charge is 2.16. The van der Waals surface area contributed by atoms with Crippen molar-refractivity contribution in [3.05, 3.63) is 65.7 Å². The van der Waals surface area contributed by atoms with Crippen molar-refractivity contribution in [2.45, 2.75) is 18.8 Å². The Bertz CT molecular complexity index is 544. The lowest BCUT2D eigenvalue weighted by atomic mass is 10.1. The zero-order valence-electron chi connectivity index (χ0n) is 12.6. The molecule has 112 valence electrons. The zero-order chi connectivity index (χ0) is 15.1. The largest absolute Gasteiger partial charge is 0.496 e. The van der Waals surface area contributed by atoms with Crippen LogP contribution in [0.2, 0.25) is 0 Å². The predicted molar refractivity (Wildman–Crippen MR) is 89.0 cm³/mol. The molecule has 0 radical (unpaired) electrons. The third-order valence-electron chi connectivity index (χ3n) is 3.59. The second kappa shape index (κ2) is 8.06. The Morgan fingerprint density at radius 3 is 2.38 bits per heavy atom. The highest BCUT2D eigenvalue weighted by atomic mass is 35.5. The van der Waals surface area contributed by atoms with Crippen LogP contribution in [0.1, 0.15) is 23.4 Å². The van der Waals surface area contributed by atoms with Crippen LogP contribution in [0.4, 0.5) is 0 Å². The van der Waals surface area contributed by atoms with Crippen molar-refractivity contribution < 1.29 is 4.74 Å². The molecule has 2 aromatic rings. The number of hydrogen-bond donors (Lipinski definition) is 0. The first-order chi connectivity index (χ1) is 10.2. The quantitative estimate of drug-likeness (QED) is 0.698. The molecule has 21 heavy (non-hydrogen) atoms. The molecule has 1 atom stereocenters. The molecule has 2 rings (SSSR count). The lowest BCUT2D eigenvalue weighted by Crippen LogP contribution is -2.26. The molecule has 2 nitrogen and oxygen atoms in total. The van der Waals surface area contributed by atoms with E-state index in [-0.39, 0.29) is 5.38 Å². The molecule has 2 aromatic carbocycles. The minimum atomic E-state index is -0.0789. The van der Waals surface area contributed by atoms with Crippen molar-refractivity contribution >= 4 is 11.6 Å². The molecule has 3 heteroatoms. The van der Waals surface area contributed by atoms with Gasteiger partial charge < -0.3 is 4.74 Å². The summed E-state index contributed by atoms with van der Waals surface area (Å²) in [6, 6.07) is 18.4. The highest BCUT2D eigenvalue weighted by Crippen LogP contribution is 2.30. The van der Waals surface area contributed by atoms with E-state index in [1.165, 1.54) is 5.56 Å². The smallest absolute Gasteiger partial charge is 0.123 e. The maximum atomic E-state index is 6.61. The summed E-state index contributed by atoms with van der Waals surface area (Å²) < 4.78 is 5.40. The van der Waals surface area contributed by atoms with Crippen molar-refractivity contribution in [1.29, 1.82) is 0 Å². The van der Waals surface area contributed by atoms with Crippen LogP contribution < -0.4 is 4.74 Å². The van der Waals surface area contributed by atoms with Crippen molar-refractivity contribution in [3.8, 4) is 5.75 Å². The van der Waals surface area contributed by atoms with Crippen LogP contribution in [-0.4, -0.2) is 25.1 Å². The summed E-state index contributed by atoms with van der Waals surface area (Å²) in [4.78, 5) is 2.35. The van der Waals surface area contributed by atoms with Crippen molar-refractivity contribution in [2.24, 2.45) is 0 Å². The highest BCUT2D eigenvalue weighted by molar-refractivity contribution is 6.21. The van der Waals surface area contributed by atoms with E-state index in [1.807, 2.05) is 30.3 Å². The van der Waals surface area contributed by atoms with Crippen LogP contribution >= 0.6 is 11.6 Å². The van der Waals surface area contributed by atoms with Gasteiger partial charge in [-0.15, -0.1) is 11.6 Å². The second-order valence-electron chi connectivity index (χ2n) is 5.02. The molecule has 0 amide bonds. The molecular formula is C18H22ClNO. The summed E-state index contributed by atoms with van der Waals surface area (Å²) in [6.07, 6.45) is 0. The monoisotopic (exact) mass is 303 g/mol. The zero-order valence-corrected chi connectivity index (χ0v) is 13.4. The van der Waals surface area contributed by atoms with Crippen LogP contribution in [0.3, 0.4) is 0 Å². The van der Waals surface area contributed by atoms with Gasteiger partial charge in [0.2, 0.25) is 0 Å². The number of hydrogen-bond acceptors (Lipinski definition) is 2. The van der Waals surface area contributed by atoms with E-state index in [0.717, 1.165) is 30.9 Å². The van der Waals surface area contributed by atoms with E-state index in [0.29, 0.717) is 0 Å². The van der Waals surface area contributed by atoms with Gasteiger partial charge in [0, 0.05) is 18.7 Å². The van der Waals surface area contributed by atoms with Gasteiger partial charge >= 0.3 is 0 Å². The van der Waals surface area contributed by atoms with Gasteiger partial charge in [0.1, 0.15) is 5.75 Å². The summed E-state index contributed by atoms with van der Waals surface area (Å²) in [5.41, 5.74) is 2.36. The molecule has 0 aliphatic rings. The van der Waals surface area contributed by atoms with Crippen LogP contribution in [0, 0.1) is 0 Å². The Hall–Kier alpha value is -1.51. The Labute approximate surface area is 132 Å². The molecular weight excluding hydrogens is 282 g/mol. The minimum Gasteiger partial charge on any atom is -0.496 e. The lowest BCUT2D eigenvalue weighted by molar-refractivity contribution is 0.278. The summed E-state index contributed by atoms with van der Waals surface area (Å²) in [7, 11) is 1.68. The van der Waals surface area contributed by atoms with Gasteiger partial charge in [-0.1, -0.05) is 55.5 Å². The average Bonchev–Trinajstić information content (AvgIpc) is 2.55. The topological polar surface area (TPSA) is 12.5 Å². The molecule has 0 aromatic heterocycles. The van der Waals surface area contributed by atoms with Gasteiger partial charge in [0.05, 0.1) is 12.5 Å². The fraction of sp³-hybridized carbons (Fsp3) is 0.333. The second-order valence-corrected chi connectivity index (χ2v) is 5.55. The minimum absolute atomic E-state index is 0.0789. The number of rotatable bonds is 7. The Balaban J connectivity index is 2.04. The number of para-hydroxylation sites is 1. The van der Waals surface area contributed by atoms with Crippen LogP contribution in [0.5, 0.6) is 5.75 Å². The molecule has 0 saturated carbocycles. The van der Waals surface area contributed by atoms with Crippen molar-refractivity contribution in [1.82, 2.24) is 4.90 Å². The van der Waals surface area contributed by atoms with Gasteiger partial charge in [-0.3, -0.25) is 4.90 Å². The van der Waals surface area contributed by atoms with Crippen LogP contribution in [0.25, 0.3) is 0 Å². The van der Waals surface area contributed by atoms with Gasteiger partial charge in [0.15, 0.2) is 0 Å². The molecule has 0 saturated heterocycles. The number of halogens is 1. The third kappa shape index (κ3) is 4.48. The van der Waals surface area contributed by atoms with E-state index in [1.54, 1.807) is 7.11 Å². The first-order valence-corrected chi connectivity index (χ1v) is 7.71. The number of benzene rings is 2. The lowest BCUT2D eigenvalue weighted by Gasteiger charge is -2.24. The van der Waals surface area contributed by atoms with Gasteiger partial charge in [-0.2, -0.15) is 0 Å². The first-order valence-electron chi connectivity index (χ1n) is 7.27. The molecule has 0 bridgehead atoms. The predicted octanol–water partition coefficient (Wildman–Crippen LogP) is 4.50. The van der Waals surface area contributed by atoms with Crippen molar-refractivity contribution in [2.75, 3.05) is 20.2 Å². The number of alkyl halides is 1. The maximum absolute atomic E-state index is 6.61. The molecule has 0 spiro atoms. The van der Waals surface area contributed by atoms with Gasteiger partial charge in [0.25, 0.3) is 0 Å². The molecule has 0 fully saturated rings. The summed E-state index contributed by atoms with van der Waals surface area (Å²) >= 11 is 6.61. The van der Waals surface area contributed by atoms with E-state index in [2.05, 4.69) is 36.1 Å². The van der Waals surface area contributed by atoms with Crippen molar-refractivity contribution in [3.63, 3.8) is 0 Å². The fourth-order valence-corrected chi connectivity index (χ4v) is 2.77. The number of methoxy groups -OCH3 is 1. The Morgan fingerprint density at radius 1 is 1.05 bits per heavy atom. The summed E-state index contributed by atoms with van der Waals surface area (Å²) in [6.45, 7) is 4.84. The molecule has 0 N–H and O–H groups in total. The number of likely N-dealkylation sites (N-methyl/N-ethyl adjacent to an activating group) is 1. The number of ether oxygens (including phenoxy) is 1. The SMILES string of the molecule is CCN(Cc1ccccc1)CC(Cl)c1ccccc1OC. The molecule has 0 aliphatic heterocycles. The van der Waals surface area contributed by atoms with E-state index >= 15 is 0 Å². The van der Waals surface area contributed by atoms with E-state index in [9.17, 15) is 0 Å². The molecule has 0 aliphatic carbocycles. The molecule has 1 unspecified atom stereocenters. The maximum Gasteiger partial charge on any atom is 0.123 e. The first kappa shape index (κ1) is 15.9. The normalized spacial score (nSPS) is 12.4. The average molecular weight is 304 g/mol. The fourth-order valence-electron chi connectivity index (χ4n) is 2.40. The van der Waals surface area contributed by atoms with Gasteiger partial charge in [-0.05, 0) is 18.2 Å². The molecule has 0 heterocycles. The standard InChI is InChI=1S/C18H22ClNO/c1-3-20(13-15-9-5-4-6-10-15)14-17(19)16-11-7-8-12-18(16)21-2/h4-12,17H,3,13-14H2,1-2H3. The number of nitrogens with zero attached hydrogens (tertiary/aromatic N) is 1.